The number of nitrogens with zero attached hydrogens (tertiary/aromatic N) is 1. The van der Waals surface area contributed by atoms with Crippen LogP contribution in [0.15, 0.2) is 40.6 Å². The molecule has 1 unspecified atom stereocenters. The second kappa shape index (κ2) is 9.59. The van der Waals surface area contributed by atoms with Crippen molar-refractivity contribution in [3.05, 3.63) is 47.0 Å². The number of carbonyl (C=O) groups excluding carboxylic acids is 1. The van der Waals surface area contributed by atoms with Gasteiger partial charge in [-0.2, -0.15) is 0 Å². The van der Waals surface area contributed by atoms with E-state index in [1.807, 2.05) is 13.8 Å². The number of rotatable bonds is 7. The van der Waals surface area contributed by atoms with Gasteiger partial charge in [-0.05, 0) is 63.1 Å². The van der Waals surface area contributed by atoms with Crippen molar-refractivity contribution in [2.45, 2.75) is 73.9 Å². The van der Waals surface area contributed by atoms with E-state index in [1.165, 1.54) is 23.5 Å². The van der Waals surface area contributed by atoms with Crippen molar-refractivity contribution in [3.8, 4) is 0 Å². The first-order valence-corrected chi connectivity index (χ1v) is 14.4. The van der Waals surface area contributed by atoms with Crippen molar-refractivity contribution in [2.75, 3.05) is 11.9 Å². The molecule has 2 aliphatic carbocycles. The highest BCUT2D eigenvalue weighted by atomic mass is 32.2. The van der Waals surface area contributed by atoms with Crippen LogP contribution in [0.5, 0.6) is 0 Å². The fraction of sp³-hybridized carbons (Fsp3) is 0.520. The van der Waals surface area contributed by atoms with Gasteiger partial charge in [0.05, 0.1) is 22.4 Å². The van der Waals surface area contributed by atoms with Crippen LogP contribution in [-0.4, -0.2) is 49.3 Å². The molecule has 1 N–H and O–H groups in total. The molecule has 1 aromatic heterocycles. The van der Waals surface area contributed by atoms with Crippen LogP contribution < -0.4 is 5.32 Å². The van der Waals surface area contributed by atoms with E-state index in [9.17, 15) is 22.0 Å². The predicted molar refractivity (Wildman–Crippen MR) is 132 cm³/mol. The highest BCUT2D eigenvalue weighted by Gasteiger charge is 2.38. The zero-order valence-electron chi connectivity index (χ0n) is 19.9. The minimum atomic E-state index is -3.38. The van der Waals surface area contributed by atoms with Crippen LogP contribution >= 0.6 is 11.3 Å². The van der Waals surface area contributed by atoms with Crippen LogP contribution in [0.1, 0.15) is 56.9 Å². The van der Waals surface area contributed by atoms with Crippen LogP contribution in [-0.2, 0) is 24.1 Å². The Morgan fingerprint density at radius 1 is 1.17 bits per heavy atom. The number of allylic oxidation sites excluding steroid dienone is 1. The smallest absolute Gasteiger partial charge is 0.257 e. The molecule has 11 heteroatoms. The monoisotopic (exact) mass is 538 g/mol. The Labute approximate surface area is 212 Å². The summed E-state index contributed by atoms with van der Waals surface area (Å²) in [4.78, 5) is 18.0. The van der Waals surface area contributed by atoms with Crippen LogP contribution in [0.4, 0.5) is 13.9 Å². The first kappa shape index (κ1) is 25.4. The third-order valence-electron chi connectivity index (χ3n) is 6.63. The standard InChI is InChI=1S/C25H28F2N2O5S2/c1-25(2)33-12-22(34-25)21-13-35-24(28-21)29-23(30)18(9-14-10-19(26)20(27)11-14)15-3-5-16(6-4-15)36(31,32)17-7-8-17/h3-6,9,13-14,17,19-20,22H,7-8,10-12H2,1-2H3,(H,28,29,30)/b18-9+/t14-,19+,20-,22?. The van der Waals surface area contributed by atoms with E-state index in [-0.39, 0.29) is 34.7 Å². The largest absolute Gasteiger partial charge is 0.347 e. The number of ether oxygens (including phenoxy) is 2. The van der Waals surface area contributed by atoms with Gasteiger partial charge in [0.25, 0.3) is 5.91 Å². The van der Waals surface area contributed by atoms with Gasteiger partial charge in [0, 0.05) is 11.0 Å². The molecule has 36 heavy (non-hydrogen) atoms. The van der Waals surface area contributed by atoms with Gasteiger partial charge in [0.15, 0.2) is 20.8 Å². The molecule has 3 fully saturated rings. The summed E-state index contributed by atoms with van der Waals surface area (Å²) in [6.07, 6.45) is -0.623. The third-order valence-corrected chi connectivity index (χ3v) is 9.69. The van der Waals surface area contributed by atoms with Crippen molar-refractivity contribution >= 4 is 37.8 Å². The number of thiazole rings is 1. The summed E-state index contributed by atoms with van der Waals surface area (Å²) in [5, 5.41) is 4.56. The van der Waals surface area contributed by atoms with Crippen molar-refractivity contribution in [1.82, 2.24) is 4.98 Å². The Balaban J connectivity index is 1.38. The van der Waals surface area contributed by atoms with Gasteiger partial charge >= 0.3 is 0 Å². The molecule has 1 saturated heterocycles. The Morgan fingerprint density at radius 2 is 1.83 bits per heavy atom. The maximum Gasteiger partial charge on any atom is 0.257 e. The van der Waals surface area contributed by atoms with Crippen molar-refractivity contribution in [1.29, 1.82) is 0 Å². The van der Waals surface area contributed by atoms with Crippen molar-refractivity contribution in [2.24, 2.45) is 5.92 Å². The predicted octanol–water partition coefficient (Wildman–Crippen LogP) is 5.01. The molecule has 1 aromatic carbocycles. The maximum atomic E-state index is 13.8. The molecule has 2 aromatic rings. The topological polar surface area (TPSA) is 94.6 Å². The van der Waals surface area contributed by atoms with Gasteiger partial charge in [-0.3, -0.25) is 10.1 Å². The Kier molecular flexibility index (Phi) is 6.78. The number of halogens is 2. The summed E-state index contributed by atoms with van der Waals surface area (Å²) in [6.45, 7) is 3.97. The van der Waals surface area contributed by atoms with Gasteiger partial charge in [-0.1, -0.05) is 18.2 Å². The van der Waals surface area contributed by atoms with E-state index in [0.29, 0.717) is 35.8 Å². The Hall–Kier alpha value is -2.21. The molecule has 2 heterocycles. The number of sulfone groups is 1. The van der Waals surface area contributed by atoms with E-state index in [2.05, 4.69) is 10.3 Å². The lowest BCUT2D eigenvalue weighted by Gasteiger charge is -2.16. The number of nitrogens with one attached hydrogen (secondary N) is 1. The molecule has 7 nitrogen and oxygen atoms in total. The average molecular weight is 539 g/mol. The summed E-state index contributed by atoms with van der Waals surface area (Å²) in [5.74, 6) is -1.66. The number of amides is 1. The molecule has 1 amide bonds. The zero-order valence-corrected chi connectivity index (χ0v) is 21.6. The second-order valence-corrected chi connectivity index (χ2v) is 13.0. The van der Waals surface area contributed by atoms with Crippen LogP contribution in [0.2, 0.25) is 0 Å². The normalized spacial score (nSPS) is 28.4. The molecule has 5 rings (SSSR count). The van der Waals surface area contributed by atoms with Crippen molar-refractivity contribution < 1.29 is 31.5 Å². The molecule has 0 radical (unpaired) electrons. The first-order valence-electron chi connectivity index (χ1n) is 11.9. The van der Waals surface area contributed by atoms with Crippen molar-refractivity contribution in [3.63, 3.8) is 0 Å². The van der Waals surface area contributed by atoms with Gasteiger partial charge < -0.3 is 9.47 Å². The summed E-state index contributed by atoms with van der Waals surface area (Å²) in [7, 11) is -3.38. The quantitative estimate of drug-likeness (QED) is 0.498. The highest BCUT2D eigenvalue weighted by Crippen LogP contribution is 2.37. The van der Waals surface area contributed by atoms with Gasteiger partial charge in [0.2, 0.25) is 0 Å². The number of anilines is 1. The zero-order chi connectivity index (χ0) is 25.7. The molecule has 4 atom stereocenters. The lowest BCUT2D eigenvalue weighted by molar-refractivity contribution is -0.139. The minimum Gasteiger partial charge on any atom is -0.347 e. The summed E-state index contributed by atoms with van der Waals surface area (Å²) in [5.41, 5.74) is 1.32. The van der Waals surface area contributed by atoms with E-state index < -0.39 is 39.8 Å². The Bertz CT molecular complexity index is 1260. The minimum absolute atomic E-state index is 0.0116. The third kappa shape index (κ3) is 5.39. The summed E-state index contributed by atoms with van der Waals surface area (Å²) in [6, 6.07) is 6.09. The van der Waals surface area contributed by atoms with E-state index >= 15 is 0 Å². The molecule has 194 valence electrons. The van der Waals surface area contributed by atoms with Gasteiger partial charge in [-0.25, -0.2) is 22.2 Å². The molecule has 0 spiro atoms. The highest BCUT2D eigenvalue weighted by molar-refractivity contribution is 7.92. The van der Waals surface area contributed by atoms with E-state index in [4.69, 9.17) is 9.47 Å². The molecule has 0 bridgehead atoms. The Morgan fingerprint density at radius 3 is 2.42 bits per heavy atom. The first-order chi connectivity index (χ1) is 17.0. The number of benzene rings is 1. The number of alkyl halides is 2. The second-order valence-electron chi connectivity index (χ2n) is 9.96. The lowest BCUT2D eigenvalue weighted by Crippen LogP contribution is -2.19. The maximum absolute atomic E-state index is 13.8. The number of hydrogen-bond donors (Lipinski definition) is 1. The molecule has 2 saturated carbocycles. The molecule has 1 aliphatic heterocycles. The van der Waals surface area contributed by atoms with Crippen LogP contribution in [0.3, 0.4) is 0 Å². The number of carbonyl (C=O) groups is 1. The van der Waals surface area contributed by atoms with E-state index in [0.717, 1.165) is 0 Å². The number of hydrogen-bond acceptors (Lipinski definition) is 7. The van der Waals surface area contributed by atoms with E-state index in [1.54, 1.807) is 23.6 Å². The molecule has 3 aliphatic rings. The van der Waals surface area contributed by atoms with Crippen LogP contribution in [0, 0.1) is 5.92 Å². The fourth-order valence-electron chi connectivity index (χ4n) is 4.53. The lowest BCUT2D eigenvalue weighted by atomic mass is 9.98. The average Bonchev–Trinajstić information content (AvgIpc) is 3.39. The summed E-state index contributed by atoms with van der Waals surface area (Å²) < 4.78 is 64.2. The molecular weight excluding hydrogens is 510 g/mol. The number of aromatic nitrogens is 1. The molecular formula is C25H28F2N2O5S2. The van der Waals surface area contributed by atoms with Gasteiger partial charge in [-0.15, -0.1) is 11.3 Å². The fourth-order valence-corrected chi connectivity index (χ4v) is 6.93. The summed E-state index contributed by atoms with van der Waals surface area (Å²) >= 11 is 1.23. The van der Waals surface area contributed by atoms with Gasteiger partial charge in [0.1, 0.15) is 18.4 Å². The SMILES string of the molecule is CC1(C)OCC(c2csc(NC(=O)/C(=C/[C@H]3C[C@@H](F)[C@@H](F)C3)c3ccc(S(=O)(=O)C4CC4)cc3)n2)O1. The van der Waals surface area contributed by atoms with Crippen LogP contribution in [0.25, 0.3) is 5.57 Å².